The Morgan fingerprint density at radius 1 is 1.48 bits per heavy atom. The highest BCUT2D eigenvalue weighted by molar-refractivity contribution is 5.95. The average molecular weight is 336 g/mol. The molecule has 0 bridgehead atoms. The summed E-state index contributed by atoms with van der Waals surface area (Å²) in [6.45, 7) is 5.70. The molecule has 2 N–H and O–H groups in total. The molecule has 21 heavy (non-hydrogen) atoms. The normalized spacial score (nSPS) is 17.4. The van der Waals surface area contributed by atoms with Gasteiger partial charge < -0.3 is 15.4 Å². The number of carbonyl (C=O) groups excluding carboxylic acids is 1. The van der Waals surface area contributed by atoms with Gasteiger partial charge in [-0.3, -0.25) is 4.79 Å². The number of nitrogens with zero attached hydrogens (tertiary/aromatic N) is 1. The summed E-state index contributed by atoms with van der Waals surface area (Å²) in [5, 5.41) is 6.28. The third-order valence-electron chi connectivity index (χ3n) is 2.98. The molecule has 2 rings (SSSR count). The maximum Gasteiger partial charge on any atom is 0.274 e. The van der Waals surface area contributed by atoms with Gasteiger partial charge in [-0.05, 0) is 45.4 Å². The van der Waals surface area contributed by atoms with Gasteiger partial charge in [0.1, 0.15) is 0 Å². The summed E-state index contributed by atoms with van der Waals surface area (Å²) >= 11 is 0. The summed E-state index contributed by atoms with van der Waals surface area (Å²) in [6, 6.07) is 3.73. The lowest BCUT2D eigenvalue weighted by Gasteiger charge is -2.24. The van der Waals surface area contributed by atoms with Gasteiger partial charge in [0.05, 0.1) is 6.10 Å². The number of piperidine rings is 1. The Balaban J connectivity index is 0.00000200. The van der Waals surface area contributed by atoms with Gasteiger partial charge in [0.25, 0.3) is 5.91 Å². The Labute approximate surface area is 138 Å². The first-order valence-electron chi connectivity index (χ1n) is 6.80. The number of nitrogens with one attached hydrogen (secondary N) is 2. The molecule has 1 saturated heterocycles. The van der Waals surface area contributed by atoms with Crippen LogP contribution in [0.3, 0.4) is 0 Å². The van der Waals surface area contributed by atoms with Crippen LogP contribution in [0, 0.1) is 0 Å². The smallest absolute Gasteiger partial charge is 0.274 e. The molecule has 0 spiro atoms. The zero-order valence-corrected chi connectivity index (χ0v) is 13.9. The summed E-state index contributed by atoms with van der Waals surface area (Å²) in [4.78, 5) is 16.4. The number of hydrogen-bond donors (Lipinski definition) is 2. The lowest BCUT2D eigenvalue weighted by Crippen LogP contribution is -2.45. The van der Waals surface area contributed by atoms with E-state index in [0.29, 0.717) is 11.4 Å². The van der Waals surface area contributed by atoms with Gasteiger partial charge in [-0.25, -0.2) is 4.98 Å². The number of aromatic nitrogens is 1. The number of carbonyl (C=O) groups is 1. The molecule has 5 nitrogen and oxygen atoms in total. The van der Waals surface area contributed by atoms with Gasteiger partial charge in [-0.15, -0.1) is 24.8 Å². The van der Waals surface area contributed by atoms with Crippen LogP contribution >= 0.6 is 24.8 Å². The van der Waals surface area contributed by atoms with Crippen LogP contribution in [0.4, 0.5) is 0 Å². The maximum absolute atomic E-state index is 12.2. The van der Waals surface area contributed by atoms with Gasteiger partial charge in [-0.1, -0.05) is 0 Å². The highest BCUT2D eigenvalue weighted by Crippen LogP contribution is 2.17. The minimum atomic E-state index is -0.162. The first-order valence-corrected chi connectivity index (χ1v) is 6.80. The quantitative estimate of drug-likeness (QED) is 0.885. The summed E-state index contributed by atoms with van der Waals surface area (Å²) in [5.74, 6) is 0.378. The molecule has 7 heteroatoms. The van der Waals surface area contributed by atoms with Crippen LogP contribution in [0.25, 0.3) is 0 Å². The fourth-order valence-corrected chi connectivity index (χ4v) is 2.14. The van der Waals surface area contributed by atoms with Crippen LogP contribution in [-0.4, -0.2) is 36.1 Å². The Bertz CT molecular complexity index is 438. The molecule has 0 radical (unpaired) electrons. The number of pyridine rings is 1. The fraction of sp³-hybridized carbons (Fsp3) is 0.571. The predicted molar refractivity (Wildman–Crippen MR) is 87.9 cm³/mol. The van der Waals surface area contributed by atoms with Crippen molar-refractivity contribution in [3.05, 3.63) is 24.0 Å². The molecule has 1 aromatic rings. The average Bonchev–Trinajstić information content (AvgIpc) is 2.39. The summed E-state index contributed by atoms with van der Waals surface area (Å²) < 4.78 is 5.62. The zero-order valence-electron chi connectivity index (χ0n) is 12.3. The van der Waals surface area contributed by atoms with E-state index in [0.717, 1.165) is 25.9 Å². The predicted octanol–water partition coefficient (Wildman–Crippen LogP) is 2.19. The van der Waals surface area contributed by atoms with E-state index >= 15 is 0 Å². The SMILES string of the molecule is CC(C)Oc1cccnc1C(=O)NC1CCCNC1.Cl.Cl. The van der Waals surface area contributed by atoms with Crippen molar-refractivity contribution in [2.75, 3.05) is 13.1 Å². The lowest BCUT2D eigenvalue weighted by atomic mass is 10.1. The zero-order chi connectivity index (χ0) is 13.7. The van der Waals surface area contributed by atoms with Crippen molar-refractivity contribution in [1.82, 2.24) is 15.6 Å². The van der Waals surface area contributed by atoms with Crippen LogP contribution in [0.2, 0.25) is 0 Å². The molecular formula is C14H23Cl2N3O2. The summed E-state index contributed by atoms with van der Waals surface area (Å²) in [6.07, 6.45) is 3.72. The molecule has 0 aromatic carbocycles. The van der Waals surface area contributed by atoms with Crippen molar-refractivity contribution in [3.63, 3.8) is 0 Å². The molecule has 1 amide bonds. The maximum atomic E-state index is 12.2. The first-order chi connectivity index (χ1) is 9.16. The standard InChI is InChI=1S/C14H21N3O2.2ClH/c1-10(2)19-12-6-4-8-16-13(12)14(18)17-11-5-3-7-15-9-11;;/h4,6,8,10-11,15H,3,5,7,9H2,1-2H3,(H,17,18);2*1H. The van der Waals surface area contributed by atoms with E-state index in [4.69, 9.17) is 4.74 Å². The van der Waals surface area contributed by atoms with Crippen molar-refractivity contribution in [1.29, 1.82) is 0 Å². The molecule has 1 aromatic heterocycles. The highest BCUT2D eigenvalue weighted by Gasteiger charge is 2.20. The Morgan fingerprint density at radius 3 is 2.86 bits per heavy atom. The summed E-state index contributed by atoms with van der Waals surface area (Å²) in [5.41, 5.74) is 0.363. The third kappa shape index (κ3) is 6.08. The van der Waals surface area contributed by atoms with E-state index < -0.39 is 0 Å². The Kier molecular flexibility index (Phi) is 9.33. The fourth-order valence-electron chi connectivity index (χ4n) is 2.14. The van der Waals surface area contributed by atoms with E-state index in [1.54, 1.807) is 18.3 Å². The number of halogens is 2. The van der Waals surface area contributed by atoms with Gasteiger partial charge in [0.15, 0.2) is 11.4 Å². The molecule has 120 valence electrons. The molecular weight excluding hydrogens is 313 g/mol. The first kappa shape index (κ1) is 20.0. The van der Waals surface area contributed by atoms with Crippen LogP contribution in [0.5, 0.6) is 5.75 Å². The van der Waals surface area contributed by atoms with Crippen molar-refractivity contribution in [2.24, 2.45) is 0 Å². The van der Waals surface area contributed by atoms with E-state index in [-0.39, 0.29) is 42.9 Å². The van der Waals surface area contributed by atoms with Crippen molar-refractivity contribution in [2.45, 2.75) is 38.8 Å². The molecule has 1 aliphatic heterocycles. The van der Waals surface area contributed by atoms with Gasteiger partial charge in [0.2, 0.25) is 0 Å². The Morgan fingerprint density at radius 2 is 2.24 bits per heavy atom. The molecule has 1 atom stereocenters. The van der Waals surface area contributed by atoms with E-state index in [9.17, 15) is 4.79 Å². The minimum Gasteiger partial charge on any atom is -0.489 e. The number of amides is 1. The molecule has 1 fully saturated rings. The molecule has 1 aliphatic rings. The van der Waals surface area contributed by atoms with Gasteiger partial charge in [0, 0.05) is 18.8 Å². The molecule has 0 aliphatic carbocycles. The molecule has 2 heterocycles. The lowest BCUT2D eigenvalue weighted by molar-refractivity contribution is 0.0919. The number of rotatable bonds is 4. The minimum absolute atomic E-state index is 0. The van der Waals surface area contributed by atoms with E-state index in [1.165, 1.54) is 0 Å². The molecule has 0 saturated carbocycles. The number of ether oxygens (including phenoxy) is 1. The number of hydrogen-bond acceptors (Lipinski definition) is 4. The van der Waals surface area contributed by atoms with E-state index in [2.05, 4.69) is 15.6 Å². The summed E-state index contributed by atoms with van der Waals surface area (Å²) in [7, 11) is 0. The van der Waals surface area contributed by atoms with E-state index in [1.807, 2.05) is 13.8 Å². The van der Waals surface area contributed by atoms with Crippen LogP contribution in [0.15, 0.2) is 18.3 Å². The van der Waals surface area contributed by atoms with Gasteiger partial charge in [-0.2, -0.15) is 0 Å². The second kappa shape index (κ2) is 9.82. The van der Waals surface area contributed by atoms with Crippen molar-refractivity contribution >= 4 is 30.7 Å². The largest absolute Gasteiger partial charge is 0.489 e. The monoisotopic (exact) mass is 335 g/mol. The van der Waals surface area contributed by atoms with Crippen molar-refractivity contribution in [3.8, 4) is 5.75 Å². The highest BCUT2D eigenvalue weighted by atomic mass is 35.5. The van der Waals surface area contributed by atoms with Crippen molar-refractivity contribution < 1.29 is 9.53 Å². The van der Waals surface area contributed by atoms with Crippen LogP contribution in [-0.2, 0) is 0 Å². The second-order valence-corrected chi connectivity index (χ2v) is 5.03. The Hall–Kier alpha value is -1.04. The van der Waals surface area contributed by atoms with Crippen LogP contribution < -0.4 is 15.4 Å². The van der Waals surface area contributed by atoms with Crippen LogP contribution in [0.1, 0.15) is 37.2 Å². The van der Waals surface area contributed by atoms with Gasteiger partial charge >= 0.3 is 0 Å². The third-order valence-corrected chi connectivity index (χ3v) is 2.98. The molecule has 1 unspecified atom stereocenters. The topological polar surface area (TPSA) is 63.2 Å². The second-order valence-electron chi connectivity index (χ2n) is 5.03.